The molecule has 4 aliphatic rings. The summed E-state index contributed by atoms with van der Waals surface area (Å²) in [7, 11) is 0. The maximum Gasteiger partial charge on any atom is 0.217 e. The zero-order valence-electron chi connectivity index (χ0n) is 35.1. The number of carbonyl (C=O) groups excluding carboxylic acids is 3. The van der Waals surface area contributed by atoms with Crippen LogP contribution in [0.4, 0.5) is 0 Å². The van der Waals surface area contributed by atoms with Gasteiger partial charge in [0.2, 0.25) is 17.7 Å². The topological polar surface area (TPSA) is 444 Å². The minimum atomic E-state index is -2.12. The van der Waals surface area contributed by atoms with Crippen LogP contribution in [0, 0.1) is 0 Å². The van der Waals surface area contributed by atoms with Gasteiger partial charge in [0, 0.05) is 20.8 Å². The second-order valence-electron chi connectivity index (χ2n) is 15.9. The predicted octanol–water partition coefficient (Wildman–Crippen LogP) is -10.8. The molecule has 4 saturated heterocycles. The fraction of sp³-hybridized carbons (Fsp3) is 0.917. The molecule has 24 atom stereocenters. The van der Waals surface area contributed by atoms with Crippen molar-refractivity contribution in [3.05, 3.63) is 0 Å². The van der Waals surface area contributed by atoms with Crippen LogP contribution in [-0.4, -0.2) is 269 Å². The summed E-state index contributed by atoms with van der Waals surface area (Å²) in [6.07, 6.45) is -39.5. The largest absolute Gasteiger partial charge is 0.394 e. The van der Waals surface area contributed by atoms with E-state index in [2.05, 4.69) is 16.0 Å². The van der Waals surface area contributed by atoms with Crippen molar-refractivity contribution in [3.8, 4) is 0 Å². The highest BCUT2D eigenvalue weighted by Crippen LogP contribution is 2.36. The quantitative estimate of drug-likeness (QED) is 0.0572. The molecule has 0 aromatic rings. The highest BCUT2D eigenvalue weighted by molar-refractivity contribution is 5.74. The molecule has 64 heavy (non-hydrogen) atoms. The molecule has 4 fully saturated rings. The number of aliphatic hydroxyl groups is 14. The van der Waals surface area contributed by atoms with Gasteiger partial charge in [-0.25, -0.2) is 0 Å². The lowest BCUT2D eigenvalue weighted by atomic mass is 9.94. The normalized spacial score (nSPS) is 42.5. The number of nitrogens with one attached hydrogen (secondary N) is 3. The Morgan fingerprint density at radius 2 is 1.03 bits per heavy atom. The van der Waals surface area contributed by atoms with E-state index in [9.17, 15) is 85.9 Å². The third-order valence-corrected chi connectivity index (χ3v) is 11.1. The Bertz CT molecular complexity index is 1490. The van der Waals surface area contributed by atoms with Gasteiger partial charge in [0.15, 0.2) is 25.2 Å². The monoisotopic (exact) mass is 937 g/mol. The predicted molar refractivity (Wildman–Crippen MR) is 202 cm³/mol. The van der Waals surface area contributed by atoms with E-state index in [-0.39, 0.29) is 0 Å². The standard InChI is InChI=1S/C36H63N3O25/c1-10-21(49)27(55)28(56)35(57-10)64-32-31(63-33-19(38-12(3)46)26(54)23(51)16(7-42)58-33)25(53)18(9-44)60-36(32)62-30-20(39-13(4)47)34(59-17(8-43)24(30)52)61-29(22(50)15(48)6-41)14(5-40)37-11(2)45/h10,14-36,40-44,48-56H,5-9H2,1-4H3,(H,37,45)(H,38,46)(H,39,47)/t10-,14-,15+,16+,17+,18+,19+,20+,21+,22-,23-,24+,25-,26+,27+,28-,29+,30+,31-,32+,33+,34-,35-,36-/m0/s1. The molecule has 28 heteroatoms. The first-order chi connectivity index (χ1) is 30.1. The average Bonchev–Trinajstić information content (AvgIpc) is 3.25. The lowest BCUT2D eigenvalue weighted by Crippen LogP contribution is -2.71. The van der Waals surface area contributed by atoms with Crippen molar-refractivity contribution in [2.75, 3.05) is 33.0 Å². The molecular weight excluding hydrogens is 874 g/mol. The number of carbonyl (C=O) groups is 3. The first-order valence-electron chi connectivity index (χ1n) is 20.4. The smallest absolute Gasteiger partial charge is 0.217 e. The summed E-state index contributed by atoms with van der Waals surface area (Å²) in [5, 5.41) is 156. The summed E-state index contributed by atoms with van der Waals surface area (Å²) in [4.78, 5) is 37.1. The van der Waals surface area contributed by atoms with E-state index in [4.69, 9.17) is 37.9 Å². The van der Waals surface area contributed by atoms with Crippen molar-refractivity contribution in [2.24, 2.45) is 0 Å². The Morgan fingerprint density at radius 1 is 0.531 bits per heavy atom. The SMILES string of the molecule is CC(=O)N[C@H]1[C@@H](O[C@H]2[C@@H](O)[C@@H](CO)O[C@@H](O[C@H]3[C@H](O)[C@@H](CO)O[C@@H](O[C@@H]([C@@H](O)[C@H](O)CO)[C@H](CO)NC(C)=O)[C@@H]3NC(C)=O)[C@@H]2O[C@@H]2O[C@@H](C)[C@@H](O)[C@@H](O)[C@@H]2O)O[C@H](CO)[C@H](O)[C@@H]1O. The fourth-order valence-electron chi connectivity index (χ4n) is 7.75. The average molecular weight is 938 g/mol. The number of aliphatic hydroxyl groups excluding tert-OH is 14. The maximum absolute atomic E-state index is 12.8. The third kappa shape index (κ3) is 12.5. The van der Waals surface area contributed by atoms with Crippen molar-refractivity contribution in [3.63, 3.8) is 0 Å². The minimum Gasteiger partial charge on any atom is -0.394 e. The van der Waals surface area contributed by atoms with E-state index >= 15 is 0 Å². The summed E-state index contributed by atoms with van der Waals surface area (Å²) in [5.74, 6) is -2.40. The van der Waals surface area contributed by atoms with Crippen LogP contribution in [0.3, 0.4) is 0 Å². The molecule has 4 rings (SSSR count). The highest BCUT2D eigenvalue weighted by Gasteiger charge is 2.57. The Balaban J connectivity index is 1.85. The van der Waals surface area contributed by atoms with Gasteiger partial charge >= 0.3 is 0 Å². The first-order valence-corrected chi connectivity index (χ1v) is 20.4. The summed E-state index contributed by atoms with van der Waals surface area (Å²) in [6.45, 7) is -0.588. The molecule has 0 radical (unpaired) electrons. The summed E-state index contributed by atoms with van der Waals surface area (Å²) in [6, 6.07) is -4.99. The zero-order valence-corrected chi connectivity index (χ0v) is 35.1. The maximum atomic E-state index is 12.8. The van der Waals surface area contributed by atoms with E-state index in [0.29, 0.717) is 0 Å². The van der Waals surface area contributed by atoms with Gasteiger partial charge in [-0.2, -0.15) is 0 Å². The van der Waals surface area contributed by atoms with E-state index in [1.807, 2.05) is 0 Å². The Morgan fingerprint density at radius 3 is 1.56 bits per heavy atom. The van der Waals surface area contributed by atoms with Crippen molar-refractivity contribution in [1.29, 1.82) is 0 Å². The molecule has 372 valence electrons. The second kappa shape index (κ2) is 24.0. The van der Waals surface area contributed by atoms with Gasteiger partial charge in [-0.3, -0.25) is 14.4 Å². The van der Waals surface area contributed by atoms with E-state index in [0.717, 1.165) is 20.8 Å². The molecule has 0 spiro atoms. The first kappa shape index (κ1) is 54.1. The van der Waals surface area contributed by atoms with Crippen LogP contribution in [0.5, 0.6) is 0 Å². The summed E-state index contributed by atoms with van der Waals surface area (Å²) >= 11 is 0. The van der Waals surface area contributed by atoms with Crippen LogP contribution in [0.15, 0.2) is 0 Å². The molecule has 0 aliphatic carbocycles. The summed E-state index contributed by atoms with van der Waals surface area (Å²) < 4.78 is 47.4. The van der Waals surface area contributed by atoms with Crippen LogP contribution in [-0.2, 0) is 52.3 Å². The van der Waals surface area contributed by atoms with E-state index < -0.39 is 198 Å². The second-order valence-corrected chi connectivity index (χ2v) is 15.9. The van der Waals surface area contributed by atoms with E-state index in [1.165, 1.54) is 6.92 Å². The lowest BCUT2D eigenvalue weighted by molar-refractivity contribution is -0.398. The van der Waals surface area contributed by atoms with Gasteiger partial charge in [-0.1, -0.05) is 0 Å². The molecule has 4 aliphatic heterocycles. The number of hydrogen-bond acceptors (Lipinski definition) is 25. The van der Waals surface area contributed by atoms with Gasteiger partial charge in [0.05, 0.1) is 45.2 Å². The van der Waals surface area contributed by atoms with Crippen LogP contribution >= 0.6 is 0 Å². The molecule has 0 aromatic heterocycles. The van der Waals surface area contributed by atoms with Crippen LogP contribution in [0.2, 0.25) is 0 Å². The molecule has 0 unspecified atom stereocenters. The molecule has 0 bridgehead atoms. The van der Waals surface area contributed by atoms with E-state index in [1.54, 1.807) is 0 Å². The van der Waals surface area contributed by atoms with Gasteiger partial charge in [0.1, 0.15) is 110 Å². The van der Waals surface area contributed by atoms with Gasteiger partial charge in [-0.15, -0.1) is 0 Å². The lowest BCUT2D eigenvalue weighted by Gasteiger charge is -2.51. The number of hydrogen-bond donors (Lipinski definition) is 17. The van der Waals surface area contributed by atoms with Crippen molar-refractivity contribution < 1.29 is 124 Å². The molecule has 28 nitrogen and oxygen atoms in total. The number of amides is 3. The van der Waals surface area contributed by atoms with Gasteiger partial charge in [0.25, 0.3) is 0 Å². The molecule has 0 aromatic carbocycles. The minimum absolute atomic E-state index is 0.757. The zero-order chi connectivity index (χ0) is 47.9. The van der Waals surface area contributed by atoms with Gasteiger partial charge in [-0.05, 0) is 6.92 Å². The molecule has 4 heterocycles. The van der Waals surface area contributed by atoms with Gasteiger partial charge < -0.3 is 125 Å². The molecule has 3 amide bonds. The highest BCUT2D eigenvalue weighted by atomic mass is 16.8. The Hall–Kier alpha value is -2.47. The van der Waals surface area contributed by atoms with Crippen LogP contribution in [0.1, 0.15) is 27.7 Å². The summed E-state index contributed by atoms with van der Waals surface area (Å²) in [5.41, 5.74) is 0. The number of rotatable bonds is 19. The molecular formula is C36H63N3O25. The van der Waals surface area contributed by atoms with Crippen LogP contribution in [0.25, 0.3) is 0 Å². The Kier molecular flexibility index (Phi) is 20.3. The Labute approximate surface area is 365 Å². The van der Waals surface area contributed by atoms with Crippen molar-refractivity contribution >= 4 is 17.7 Å². The van der Waals surface area contributed by atoms with Crippen molar-refractivity contribution in [1.82, 2.24) is 16.0 Å². The molecule has 17 N–H and O–H groups in total. The fourth-order valence-corrected chi connectivity index (χ4v) is 7.75. The van der Waals surface area contributed by atoms with Crippen molar-refractivity contribution in [2.45, 2.75) is 175 Å². The molecule has 0 saturated carbocycles. The third-order valence-electron chi connectivity index (χ3n) is 11.1. The van der Waals surface area contributed by atoms with Crippen LogP contribution < -0.4 is 16.0 Å². The number of ether oxygens (including phenoxy) is 8.